The molecule has 0 aliphatic carbocycles. The van der Waals surface area contributed by atoms with Gasteiger partial charge in [0.05, 0.1) is 16.9 Å². The van der Waals surface area contributed by atoms with E-state index in [1.54, 1.807) is 0 Å². The van der Waals surface area contributed by atoms with E-state index in [2.05, 4.69) is 25.6 Å². The summed E-state index contributed by atoms with van der Waals surface area (Å²) < 4.78 is 40.8. The monoisotopic (exact) mass is 498 g/mol. The van der Waals surface area contributed by atoms with E-state index in [1.807, 2.05) is 51.1 Å². The van der Waals surface area contributed by atoms with Crippen LogP contribution in [0.3, 0.4) is 0 Å². The third-order valence-corrected chi connectivity index (χ3v) is 5.86. The molecule has 0 radical (unpaired) electrons. The number of hydrogen-bond donors (Lipinski definition) is 1. The summed E-state index contributed by atoms with van der Waals surface area (Å²) in [6.45, 7) is 5.68. The summed E-state index contributed by atoms with van der Waals surface area (Å²) in [5, 5.41) is 11.2. The highest BCUT2D eigenvalue weighted by Crippen LogP contribution is 2.31. The molecule has 0 unspecified atom stereocenters. The van der Waals surface area contributed by atoms with Gasteiger partial charge in [-0.2, -0.15) is 13.2 Å². The number of amides is 1. The first-order chi connectivity index (χ1) is 16.6. The quantitative estimate of drug-likeness (QED) is 0.277. The van der Waals surface area contributed by atoms with Crippen molar-refractivity contribution in [3.05, 3.63) is 88.5 Å². The first kappa shape index (κ1) is 24.4. The molecule has 11 heteroatoms. The van der Waals surface area contributed by atoms with Gasteiger partial charge in [0.15, 0.2) is 10.9 Å². The molecule has 1 amide bonds. The number of alkyl halides is 3. The molecular formula is C24H21F3N6OS. The lowest BCUT2D eigenvalue weighted by Crippen LogP contribution is -2.16. The Labute approximate surface area is 203 Å². The summed E-state index contributed by atoms with van der Waals surface area (Å²) in [6.07, 6.45) is -4.52. The zero-order valence-electron chi connectivity index (χ0n) is 19.1. The molecule has 0 aliphatic rings. The summed E-state index contributed by atoms with van der Waals surface area (Å²) >= 11 is 1.31. The molecule has 4 aromatic rings. The van der Waals surface area contributed by atoms with Crippen molar-refractivity contribution >= 4 is 23.4 Å². The summed E-state index contributed by atoms with van der Waals surface area (Å²) in [4.78, 5) is 21.9. The molecule has 0 saturated heterocycles. The van der Waals surface area contributed by atoms with E-state index >= 15 is 0 Å². The van der Waals surface area contributed by atoms with Gasteiger partial charge in [-0.25, -0.2) is 14.6 Å². The fourth-order valence-electron chi connectivity index (χ4n) is 3.36. The Morgan fingerprint density at radius 3 is 2.34 bits per heavy atom. The molecule has 0 atom stereocenters. The van der Waals surface area contributed by atoms with Gasteiger partial charge >= 0.3 is 6.18 Å². The minimum absolute atomic E-state index is 0.000128. The Kier molecular flexibility index (Phi) is 6.88. The van der Waals surface area contributed by atoms with Gasteiger partial charge in [-0.3, -0.25) is 4.79 Å². The molecule has 2 aromatic carbocycles. The largest absolute Gasteiger partial charge is 0.416 e. The van der Waals surface area contributed by atoms with Crippen molar-refractivity contribution in [1.82, 2.24) is 25.0 Å². The van der Waals surface area contributed by atoms with Crippen LogP contribution in [0.2, 0.25) is 0 Å². The fourth-order valence-corrected chi connectivity index (χ4v) is 4.30. The Hall–Kier alpha value is -3.73. The molecule has 0 saturated carbocycles. The molecular weight excluding hydrogens is 477 g/mol. The molecule has 4 rings (SSSR count). The van der Waals surface area contributed by atoms with Crippen molar-refractivity contribution < 1.29 is 18.0 Å². The maximum Gasteiger partial charge on any atom is 0.416 e. The van der Waals surface area contributed by atoms with Gasteiger partial charge in [0.1, 0.15) is 0 Å². The fraction of sp³-hybridized carbons (Fsp3) is 0.208. The van der Waals surface area contributed by atoms with Crippen molar-refractivity contribution in [2.24, 2.45) is 0 Å². The highest BCUT2D eigenvalue weighted by Gasteiger charge is 2.30. The van der Waals surface area contributed by atoms with E-state index in [0.717, 1.165) is 29.1 Å². The lowest BCUT2D eigenvalue weighted by molar-refractivity contribution is -0.137. The van der Waals surface area contributed by atoms with E-state index in [9.17, 15) is 18.0 Å². The van der Waals surface area contributed by atoms with Gasteiger partial charge < -0.3 is 5.32 Å². The van der Waals surface area contributed by atoms with Gasteiger partial charge in [-0.1, -0.05) is 40.7 Å². The summed E-state index contributed by atoms with van der Waals surface area (Å²) in [7, 11) is 0. The first-order valence-corrected chi connectivity index (χ1v) is 11.5. The Morgan fingerprint density at radius 1 is 1.00 bits per heavy atom. The average Bonchev–Trinajstić information content (AvgIpc) is 3.21. The molecule has 2 aromatic heterocycles. The topological polar surface area (TPSA) is 85.6 Å². The average molecular weight is 499 g/mol. The van der Waals surface area contributed by atoms with Crippen molar-refractivity contribution in [3.8, 4) is 5.69 Å². The molecule has 0 fully saturated rings. The predicted molar refractivity (Wildman–Crippen MR) is 127 cm³/mol. The Balaban J connectivity index is 1.67. The molecule has 180 valence electrons. The third-order valence-electron chi connectivity index (χ3n) is 5.00. The maximum atomic E-state index is 13.1. The van der Waals surface area contributed by atoms with Crippen LogP contribution in [0.15, 0.2) is 59.8 Å². The number of rotatable bonds is 6. The maximum absolute atomic E-state index is 13.1. The zero-order valence-corrected chi connectivity index (χ0v) is 19.9. The SMILES string of the molecule is Cc1ccc(-n2nnc(C(=O)Nc3cccc(C(F)(F)F)c3)c2CSc2nc(C)cc(C)n2)cc1. The Morgan fingerprint density at radius 2 is 1.69 bits per heavy atom. The normalized spacial score (nSPS) is 11.5. The van der Waals surface area contributed by atoms with Gasteiger partial charge in [0, 0.05) is 22.8 Å². The van der Waals surface area contributed by atoms with Crippen LogP contribution in [-0.4, -0.2) is 30.9 Å². The molecule has 0 aliphatic heterocycles. The molecule has 0 spiro atoms. The van der Waals surface area contributed by atoms with Crippen molar-refractivity contribution in [2.45, 2.75) is 37.9 Å². The zero-order chi connectivity index (χ0) is 25.2. The summed E-state index contributed by atoms with van der Waals surface area (Å²) in [5.74, 6) is -0.408. The van der Waals surface area contributed by atoms with Crippen molar-refractivity contribution in [3.63, 3.8) is 0 Å². The summed E-state index contributed by atoms with van der Waals surface area (Å²) in [6, 6.07) is 13.8. The number of hydrogen-bond acceptors (Lipinski definition) is 6. The number of benzene rings is 2. The van der Waals surface area contributed by atoms with Gasteiger partial charge in [-0.05, 0) is 57.2 Å². The van der Waals surface area contributed by atoms with Crippen LogP contribution in [0.5, 0.6) is 0 Å². The van der Waals surface area contributed by atoms with E-state index < -0.39 is 17.6 Å². The lowest BCUT2D eigenvalue weighted by Gasteiger charge is -2.11. The molecule has 7 nitrogen and oxygen atoms in total. The van der Waals surface area contributed by atoms with E-state index in [-0.39, 0.29) is 17.1 Å². The minimum Gasteiger partial charge on any atom is -0.321 e. The second kappa shape index (κ2) is 9.87. The molecule has 2 heterocycles. The van der Waals surface area contributed by atoms with E-state index in [1.165, 1.54) is 28.6 Å². The highest BCUT2D eigenvalue weighted by molar-refractivity contribution is 7.98. The van der Waals surface area contributed by atoms with Crippen LogP contribution in [0, 0.1) is 20.8 Å². The van der Waals surface area contributed by atoms with Crippen LogP contribution in [0.1, 0.15) is 38.7 Å². The molecule has 35 heavy (non-hydrogen) atoms. The van der Waals surface area contributed by atoms with E-state index in [4.69, 9.17) is 0 Å². The van der Waals surface area contributed by atoms with Crippen LogP contribution < -0.4 is 5.32 Å². The third kappa shape index (κ3) is 5.86. The van der Waals surface area contributed by atoms with Crippen LogP contribution in [0.25, 0.3) is 5.69 Å². The smallest absolute Gasteiger partial charge is 0.321 e. The standard InChI is InChI=1S/C24H21F3N6OS/c1-14-7-9-19(10-8-14)33-20(13-35-23-28-15(2)11-16(3)29-23)21(31-32-33)22(34)30-18-6-4-5-17(12-18)24(25,26)27/h4-12H,13H2,1-3H3,(H,30,34). The Bertz CT molecular complexity index is 1350. The number of anilines is 1. The second-order valence-corrected chi connectivity index (χ2v) is 8.83. The predicted octanol–water partition coefficient (Wildman–Crippen LogP) is 5.55. The first-order valence-electron chi connectivity index (χ1n) is 10.6. The van der Waals surface area contributed by atoms with Crippen molar-refractivity contribution in [1.29, 1.82) is 0 Å². The van der Waals surface area contributed by atoms with Gasteiger partial charge in [0.25, 0.3) is 5.91 Å². The number of aromatic nitrogens is 5. The second-order valence-electron chi connectivity index (χ2n) is 7.89. The van der Waals surface area contributed by atoms with Gasteiger partial charge in [0.2, 0.25) is 0 Å². The van der Waals surface area contributed by atoms with Crippen LogP contribution in [0.4, 0.5) is 18.9 Å². The van der Waals surface area contributed by atoms with Crippen molar-refractivity contribution in [2.75, 3.05) is 5.32 Å². The summed E-state index contributed by atoms with van der Waals surface area (Å²) in [5.41, 5.74) is 2.98. The molecule has 0 bridgehead atoms. The number of nitrogens with zero attached hydrogens (tertiary/aromatic N) is 5. The van der Waals surface area contributed by atoms with E-state index in [0.29, 0.717) is 16.5 Å². The van der Waals surface area contributed by atoms with Gasteiger partial charge in [-0.15, -0.1) is 5.10 Å². The van der Waals surface area contributed by atoms with Crippen LogP contribution in [-0.2, 0) is 11.9 Å². The highest BCUT2D eigenvalue weighted by atomic mass is 32.2. The number of thioether (sulfide) groups is 1. The lowest BCUT2D eigenvalue weighted by atomic mass is 10.2. The minimum atomic E-state index is -4.52. The number of halogens is 3. The number of carbonyl (C=O) groups is 1. The number of carbonyl (C=O) groups excluding carboxylic acids is 1. The number of nitrogens with one attached hydrogen (secondary N) is 1. The molecule has 1 N–H and O–H groups in total. The number of aryl methyl sites for hydroxylation is 3. The van der Waals surface area contributed by atoms with Crippen LogP contribution >= 0.6 is 11.8 Å².